The van der Waals surface area contributed by atoms with Crippen LogP contribution < -0.4 is 0 Å². The van der Waals surface area contributed by atoms with Crippen molar-refractivity contribution in [3.05, 3.63) is 12.7 Å². The van der Waals surface area contributed by atoms with Crippen LogP contribution in [0, 0.1) is 0 Å². The van der Waals surface area contributed by atoms with Gasteiger partial charge in [-0.1, -0.05) is 0 Å². The van der Waals surface area contributed by atoms with E-state index in [-0.39, 0.29) is 19.8 Å². The summed E-state index contributed by atoms with van der Waals surface area (Å²) in [6.07, 6.45) is 3.23. The summed E-state index contributed by atoms with van der Waals surface area (Å²) in [5.74, 6) is 0. The number of hydrogen-bond acceptors (Lipinski definition) is 8. The monoisotopic (exact) mass is 300 g/mol. The fourth-order valence-electron chi connectivity index (χ4n) is 1.75. The molecule has 0 aliphatic heterocycles. The smallest absolute Gasteiger partial charge is 0.166 e. The number of aromatic nitrogens is 4. The van der Waals surface area contributed by atoms with Crippen molar-refractivity contribution < 1.29 is 20.1 Å². The number of imidazole rings is 1. The molecule has 2 rings (SSSR count). The molecule has 0 aliphatic carbocycles. The molecule has 1 unspecified atom stereocenters. The van der Waals surface area contributed by atoms with E-state index in [4.69, 9.17) is 14.9 Å². The number of fused-ring (bicyclic) bond motifs is 1. The summed E-state index contributed by atoms with van der Waals surface area (Å²) >= 11 is 1.44. The summed E-state index contributed by atoms with van der Waals surface area (Å²) in [5.41, 5.74) is 1.14. The summed E-state index contributed by atoms with van der Waals surface area (Å²) in [7, 11) is 0. The molecule has 0 aromatic carbocycles. The van der Waals surface area contributed by atoms with E-state index in [2.05, 4.69) is 15.0 Å². The number of aliphatic hydroxyl groups excluding tert-OH is 3. The van der Waals surface area contributed by atoms with Gasteiger partial charge in [0.2, 0.25) is 0 Å². The molecule has 0 bridgehead atoms. The lowest BCUT2D eigenvalue weighted by molar-refractivity contribution is -0.110. The van der Waals surface area contributed by atoms with E-state index < -0.39 is 12.3 Å². The fourth-order valence-corrected chi connectivity index (χ4v) is 2.24. The van der Waals surface area contributed by atoms with Gasteiger partial charge in [-0.15, -0.1) is 11.8 Å². The number of thioether (sulfide) groups is 1. The Morgan fingerprint density at radius 1 is 1.20 bits per heavy atom. The Kier molecular flexibility index (Phi) is 5.26. The maximum absolute atomic E-state index is 9.44. The van der Waals surface area contributed by atoms with Crippen molar-refractivity contribution >= 4 is 22.9 Å². The molecule has 0 radical (unpaired) electrons. The van der Waals surface area contributed by atoms with Crippen LogP contribution in [0.25, 0.3) is 11.2 Å². The van der Waals surface area contributed by atoms with Gasteiger partial charge in [-0.3, -0.25) is 4.57 Å². The van der Waals surface area contributed by atoms with E-state index in [0.717, 1.165) is 5.03 Å². The average molecular weight is 300 g/mol. The zero-order valence-electron chi connectivity index (χ0n) is 10.9. The Balaban J connectivity index is 2.35. The lowest BCUT2D eigenvalue weighted by atomic mass is 10.4. The van der Waals surface area contributed by atoms with Crippen LogP contribution in [0.2, 0.25) is 0 Å². The molecule has 1 atom stereocenters. The van der Waals surface area contributed by atoms with Gasteiger partial charge in [0.15, 0.2) is 11.9 Å². The highest BCUT2D eigenvalue weighted by Crippen LogP contribution is 2.23. The highest BCUT2D eigenvalue weighted by atomic mass is 32.2. The van der Waals surface area contributed by atoms with Crippen molar-refractivity contribution in [1.29, 1.82) is 0 Å². The van der Waals surface area contributed by atoms with Crippen LogP contribution >= 0.6 is 11.8 Å². The minimum Gasteiger partial charge on any atom is -0.394 e. The summed E-state index contributed by atoms with van der Waals surface area (Å²) in [6.45, 7) is -1.02. The number of ether oxygens (including phenoxy) is 1. The van der Waals surface area contributed by atoms with Crippen molar-refractivity contribution in [3.63, 3.8) is 0 Å². The summed E-state index contributed by atoms with van der Waals surface area (Å²) in [6, 6.07) is 0. The number of hydrogen-bond donors (Lipinski definition) is 3. The van der Waals surface area contributed by atoms with Crippen molar-refractivity contribution in [2.45, 2.75) is 17.4 Å². The molecule has 0 aliphatic rings. The zero-order chi connectivity index (χ0) is 14.5. The molecule has 0 spiro atoms. The lowest BCUT2D eigenvalue weighted by Crippen LogP contribution is -2.28. The van der Waals surface area contributed by atoms with Gasteiger partial charge in [0, 0.05) is 0 Å². The zero-order valence-corrected chi connectivity index (χ0v) is 11.7. The third-order valence-corrected chi connectivity index (χ3v) is 3.43. The van der Waals surface area contributed by atoms with Crippen molar-refractivity contribution in [2.24, 2.45) is 0 Å². The topological polar surface area (TPSA) is 114 Å². The van der Waals surface area contributed by atoms with Gasteiger partial charge in [-0.05, 0) is 6.26 Å². The first kappa shape index (κ1) is 15.1. The molecule has 2 aromatic heterocycles. The molecule has 0 saturated carbocycles. The highest BCUT2D eigenvalue weighted by molar-refractivity contribution is 7.98. The van der Waals surface area contributed by atoms with E-state index in [0.29, 0.717) is 11.2 Å². The Hall–Kier alpha value is -1.26. The molecule has 2 aromatic rings. The number of aliphatic hydroxyl groups is 3. The first-order chi connectivity index (χ1) is 9.74. The molecule has 8 nitrogen and oxygen atoms in total. The summed E-state index contributed by atoms with van der Waals surface area (Å²) < 4.78 is 6.98. The number of nitrogens with zero attached hydrogens (tertiary/aromatic N) is 4. The first-order valence-electron chi connectivity index (χ1n) is 5.94. The van der Waals surface area contributed by atoms with Gasteiger partial charge in [0.05, 0.1) is 26.1 Å². The van der Waals surface area contributed by atoms with Crippen molar-refractivity contribution in [2.75, 3.05) is 26.1 Å². The van der Waals surface area contributed by atoms with E-state index in [1.54, 1.807) is 4.57 Å². The van der Waals surface area contributed by atoms with E-state index in [1.807, 2.05) is 6.26 Å². The molecule has 3 N–H and O–H groups in total. The summed E-state index contributed by atoms with van der Waals surface area (Å²) in [5, 5.41) is 28.3. The van der Waals surface area contributed by atoms with Crippen LogP contribution in [0.4, 0.5) is 0 Å². The largest absolute Gasteiger partial charge is 0.394 e. The van der Waals surface area contributed by atoms with Crippen LogP contribution in [-0.2, 0) is 4.74 Å². The van der Waals surface area contributed by atoms with E-state index in [9.17, 15) is 5.11 Å². The Labute approximate surface area is 119 Å². The molecule has 0 amide bonds. The molecule has 0 fully saturated rings. The maximum atomic E-state index is 9.44. The standard InChI is InChI=1S/C11H16N4O4S/c1-20-11-9-10(12-5-13-11)15(6-14-9)8(4-18)19-7(2-16)3-17/h5-8,16-18H,2-4H2,1H3. The van der Waals surface area contributed by atoms with Gasteiger partial charge >= 0.3 is 0 Å². The van der Waals surface area contributed by atoms with Gasteiger partial charge in [-0.2, -0.15) is 0 Å². The quantitative estimate of drug-likeness (QED) is 0.459. The molecule has 2 heterocycles. The minimum atomic E-state index is -0.783. The molecule has 110 valence electrons. The molecule has 0 saturated heterocycles. The van der Waals surface area contributed by atoms with Crippen LogP contribution in [0.1, 0.15) is 6.23 Å². The van der Waals surface area contributed by atoms with Crippen LogP contribution in [0.5, 0.6) is 0 Å². The van der Waals surface area contributed by atoms with E-state index in [1.165, 1.54) is 24.4 Å². The second-order valence-electron chi connectivity index (χ2n) is 3.97. The van der Waals surface area contributed by atoms with E-state index >= 15 is 0 Å². The van der Waals surface area contributed by atoms with Crippen molar-refractivity contribution in [3.8, 4) is 0 Å². The Morgan fingerprint density at radius 3 is 2.55 bits per heavy atom. The van der Waals surface area contributed by atoms with Gasteiger partial charge in [0.25, 0.3) is 0 Å². The average Bonchev–Trinajstić information content (AvgIpc) is 2.92. The van der Waals surface area contributed by atoms with Gasteiger partial charge in [-0.25, -0.2) is 15.0 Å². The predicted octanol–water partition coefficient (Wildman–Crippen LogP) is -0.591. The van der Waals surface area contributed by atoms with Gasteiger partial charge in [0.1, 0.15) is 23.0 Å². The Morgan fingerprint density at radius 2 is 1.95 bits per heavy atom. The SMILES string of the molecule is CSc1ncnc2c1ncn2C(CO)OC(CO)CO. The van der Waals surface area contributed by atoms with Gasteiger partial charge < -0.3 is 20.1 Å². The van der Waals surface area contributed by atoms with Crippen molar-refractivity contribution in [1.82, 2.24) is 19.5 Å². The van der Waals surface area contributed by atoms with Crippen LogP contribution in [0.3, 0.4) is 0 Å². The third-order valence-electron chi connectivity index (χ3n) is 2.74. The minimum absolute atomic E-state index is 0.333. The highest BCUT2D eigenvalue weighted by Gasteiger charge is 2.20. The maximum Gasteiger partial charge on any atom is 0.166 e. The second kappa shape index (κ2) is 6.95. The second-order valence-corrected chi connectivity index (χ2v) is 4.76. The molecule has 9 heteroatoms. The molecular formula is C11H16N4O4S. The lowest BCUT2D eigenvalue weighted by Gasteiger charge is -2.22. The van der Waals surface area contributed by atoms with Crippen LogP contribution in [0.15, 0.2) is 17.7 Å². The Bertz CT molecular complexity index is 560. The first-order valence-corrected chi connectivity index (χ1v) is 7.17. The molecule has 20 heavy (non-hydrogen) atoms. The molecular weight excluding hydrogens is 284 g/mol. The normalized spacial score (nSPS) is 13.2. The predicted molar refractivity (Wildman–Crippen MR) is 72.3 cm³/mol. The fraction of sp³-hybridized carbons (Fsp3) is 0.545. The van der Waals surface area contributed by atoms with Crippen LogP contribution in [-0.4, -0.2) is 67.0 Å². The third kappa shape index (κ3) is 2.91. The summed E-state index contributed by atoms with van der Waals surface area (Å²) in [4.78, 5) is 12.5. The number of rotatable bonds is 7.